The van der Waals surface area contributed by atoms with Crippen LogP contribution in [0.4, 0.5) is 18.9 Å². The number of fused-ring (bicyclic) bond motifs is 1. The summed E-state index contributed by atoms with van der Waals surface area (Å²) >= 11 is 13.4. The molecule has 1 heterocycles. The fourth-order valence-electron chi connectivity index (χ4n) is 2.37. The summed E-state index contributed by atoms with van der Waals surface area (Å²) in [6.07, 6.45) is 0. The fraction of sp³-hybridized carbons (Fsp3) is 0.111. The van der Waals surface area contributed by atoms with Crippen molar-refractivity contribution >= 4 is 62.2 Å². The Labute approximate surface area is 175 Å². The van der Waals surface area contributed by atoms with Crippen molar-refractivity contribution in [1.29, 1.82) is 0 Å². The van der Waals surface area contributed by atoms with Crippen LogP contribution >= 0.6 is 34.5 Å². The molecule has 0 saturated heterocycles. The Hall–Kier alpha value is -2.49. The molecule has 0 aliphatic rings. The predicted molar refractivity (Wildman–Crippen MR) is 104 cm³/mol. The first-order valence-corrected chi connectivity index (χ1v) is 9.36. The Morgan fingerprint density at radius 2 is 1.79 bits per heavy atom. The smallest absolute Gasteiger partial charge is 0.350 e. The lowest BCUT2D eigenvalue weighted by molar-refractivity contribution is -0.119. The lowest BCUT2D eigenvalue weighted by atomic mass is 10.2. The van der Waals surface area contributed by atoms with Gasteiger partial charge in [-0.05, 0) is 24.3 Å². The van der Waals surface area contributed by atoms with E-state index in [4.69, 9.17) is 32.7 Å². The van der Waals surface area contributed by atoms with E-state index >= 15 is 0 Å². The highest BCUT2D eigenvalue weighted by Gasteiger charge is 2.22. The van der Waals surface area contributed by atoms with Gasteiger partial charge in [0.2, 0.25) is 0 Å². The number of ether oxygens (including phenoxy) is 2. The molecule has 1 aromatic heterocycles. The van der Waals surface area contributed by atoms with Gasteiger partial charge in [-0.25, -0.2) is 18.0 Å². The molecule has 0 radical (unpaired) electrons. The summed E-state index contributed by atoms with van der Waals surface area (Å²) in [5, 5.41) is 2.84. The van der Waals surface area contributed by atoms with E-state index in [1.54, 1.807) is 12.1 Å². The van der Waals surface area contributed by atoms with Crippen LogP contribution in [0.3, 0.4) is 0 Å². The first-order chi connectivity index (χ1) is 13.7. The van der Waals surface area contributed by atoms with Crippen LogP contribution in [0, 0.1) is 17.5 Å². The SMILES string of the molecule is COc1ccc2c(Cl)c(C(=O)OCC(=O)Nc3ccc(F)c(F)c3F)sc2c1Cl. The van der Waals surface area contributed by atoms with Gasteiger partial charge < -0.3 is 14.8 Å². The summed E-state index contributed by atoms with van der Waals surface area (Å²) in [4.78, 5) is 24.1. The zero-order valence-corrected chi connectivity index (χ0v) is 16.8. The number of carbonyl (C=O) groups is 2. The van der Waals surface area contributed by atoms with E-state index < -0.39 is 41.6 Å². The molecular weight excluding hydrogens is 454 g/mol. The van der Waals surface area contributed by atoms with Gasteiger partial charge in [0, 0.05) is 5.39 Å². The number of rotatable bonds is 5. The molecule has 0 aliphatic carbocycles. The van der Waals surface area contributed by atoms with E-state index in [2.05, 4.69) is 0 Å². The normalized spacial score (nSPS) is 10.8. The number of nitrogens with one attached hydrogen (secondary N) is 1. The summed E-state index contributed by atoms with van der Waals surface area (Å²) in [6, 6.07) is 4.69. The van der Waals surface area contributed by atoms with Gasteiger partial charge in [0.25, 0.3) is 5.91 Å². The maximum Gasteiger partial charge on any atom is 0.350 e. The highest BCUT2D eigenvalue weighted by Crippen LogP contribution is 2.43. The fourth-order valence-corrected chi connectivity index (χ4v) is 4.15. The standard InChI is InChI=1S/C18H10Cl2F3NO4S/c1-27-10-5-2-7-12(19)17(29-16(7)13(10)20)18(26)28-6-11(25)24-9-4-3-8(21)14(22)15(9)23/h2-5H,6H2,1H3,(H,24,25). The van der Waals surface area contributed by atoms with Crippen molar-refractivity contribution in [2.75, 3.05) is 19.0 Å². The molecule has 0 saturated carbocycles. The number of thiophene rings is 1. The average Bonchev–Trinajstić information content (AvgIpc) is 3.04. The minimum Gasteiger partial charge on any atom is -0.495 e. The largest absolute Gasteiger partial charge is 0.495 e. The van der Waals surface area contributed by atoms with Gasteiger partial charge in [-0.3, -0.25) is 4.79 Å². The Morgan fingerprint density at radius 3 is 2.48 bits per heavy atom. The maximum atomic E-state index is 13.6. The number of amides is 1. The monoisotopic (exact) mass is 463 g/mol. The van der Waals surface area contributed by atoms with Crippen LogP contribution < -0.4 is 10.1 Å². The van der Waals surface area contributed by atoms with Crippen molar-refractivity contribution in [2.45, 2.75) is 0 Å². The Balaban J connectivity index is 1.72. The lowest BCUT2D eigenvalue weighted by Crippen LogP contribution is -2.21. The van der Waals surface area contributed by atoms with Crippen LogP contribution in [0.15, 0.2) is 24.3 Å². The lowest BCUT2D eigenvalue weighted by Gasteiger charge is -2.08. The van der Waals surface area contributed by atoms with Crippen LogP contribution in [0.1, 0.15) is 9.67 Å². The van der Waals surface area contributed by atoms with Crippen LogP contribution in [0.2, 0.25) is 10.0 Å². The summed E-state index contributed by atoms with van der Waals surface area (Å²) in [5.74, 6) is -6.18. The second-order valence-corrected chi connectivity index (χ2v) is 7.33. The minimum absolute atomic E-state index is 0.00336. The molecule has 2 aromatic carbocycles. The molecule has 0 atom stereocenters. The molecule has 0 aliphatic heterocycles. The molecule has 3 rings (SSSR count). The number of esters is 1. The van der Waals surface area contributed by atoms with E-state index in [1.807, 2.05) is 5.32 Å². The van der Waals surface area contributed by atoms with Gasteiger partial charge in [0.1, 0.15) is 15.6 Å². The molecular formula is C18H10Cl2F3NO4S. The van der Waals surface area contributed by atoms with Gasteiger partial charge in [-0.1, -0.05) is 23.2 Å². The van der Waals surface area contributed by atoms with Crippen molar-refractivity contribution in [3.05, 3.63) is 56.6 Å². The van der Waals surface area contributed by atoms with Crippen molar-refractivity contribution in [1.82, 2.24) is 0 Å². The second kappa shape index (κ2) is 8.48. The molecule has 0 unspecified atom stereocenters. The van der Waals surface area contributed by atoms with Gasteiger partial charge in [-0.2, -0.15) is 0 Å². The van der Waals surface area contributed by atoms with Crippen LogP contribution in [-0.2, 0) is 9.53 Å². The molecule has 1 amide bonds. The Bertz CT molecular complexity index is 1140. The number of hydrogen-bond donors (Lipinski definition) is 1. The van der Waals surface area contributed by atoms with Crippen molar-refractivity contribution < 1.29 is 32.2 Å². The first kappa shape index (κ1) is 21.2. The molecule has 0 spiro atoms. The van der Waals surface area contributed by atoms with Crippen LogP contribution in [0.5, 0.6) is 5.75 Å². The molecule has 5 nitrogen and oxygen atoms in total. The highest BCUT2D eigenvalue weighted by molar-refractivity contribution is 7.22. The van der Waals surface area contributed by atoms with E-state index in [9.17, 15) is 22.8 Å². The summed E-state index contributed by atoms with van der Waals surface area (Å²) in [6.45, 7) is -0.807. The van der Waals surface area contributed by atoms with Crippen molar-refractivity contribution in [3.63, 3.8) is 0 Å². The number of benzene rings is 2. The van der Waals surface area contributed by atoms with E-state index in [1.165, 1.54) is 7.11 Å². The number of anilines is 1. The second-order valence-electron chi connectivity index (χ2n) is 5.55. The van der Waals surface area contributed by atoms with Gasteiger partial charge in [0.15, 0.2) is 24.1 Å². The molecule has 0 fully saturated rings. The zero-order chi connectivity index (χ0) is 21.3. The van der Waals surface area contributed by atoms with Crippen molar-refractivity contribution in [3.8, 4) is 5.75 Å². The first-order valence-electron chi connectivity index (χ1n) is 7.79. The molecule has 0 bridgehead atoms. The summed E-state index contributed by atoms with van der Waals surface area (Å²) < 4.78 is 50.2. The van der Waals surface area contributed by atoms with Gasteiger partial charge in [-0.15, -0.1) is 11.3 Å². The molecule has 152 valence electrons. The van der Waals surface area contributed by atoms with Crippen LogP contribution in [0.25, 0.3) is 10.1 Å². The molecule has 3 aromatic rings. The third kappa shape index (κ3) is 4.12. The maximum absolute atomic E-state index is 13.6. The van der Waals surface area contributed by atoms with Gasteiger partial charge >= 0.3 is 5.97 Å². The molecule has 11 heteroatoms. The zero-order valence-electron chi connectivity index (χ0n) is 14.4. The number of halogens is 5. The third-order valence-electron chi connectivity index (χ3n) is 3.75. The van der Waals surface area contributed by atoms with E-state index in [0.29, 0.717) is 21.9 Å². The quantitative estimate of drug-likeness (QED) is 0.404. The summed E-state index contributed by atoms with van der Waals surface area (Å²) in [7, 11) is 1.44. The highest BCUT2D eigenvalue weighted by atomic mass is 35.5. The summed E-state index contributed by atoms with van der Waals surface area (Å²) in [5.41, 5.74) is -0.594. The molecule has 1 N–H and O–H groups in total. The van der Waals surface area contributed by atoms with Crippen molar-refractivity contribution in [2.24, 2.45) is 0 Å². The Morgan fingerprint density at radius 1 is 1.07 bits per heavy atom. The Kier molecular flexibility index (Phi) is 6.21. The van der Waals surface area contributed by atoms with Gasteiger partial charge in [0.05, 0.1) is 22.5 Å². The number of carbonyl (C=O) groups excluding carboxylic acids is 2. The van der Waals surface area contributed by atoms with E-state index in [-0.39, 0.29) is 14.9 Å². The van der Waals surface area contributed by atoms with E-state index in [0.717, 1.165) is 17.4 Å². The number of hydrogen-bond acceptors (Lipinski definition) is 5. The topological polar surface area (TPSA) is 64.6 Å². The predicted octanol–water partition coefficient (Wildman–Crippen LogP) is 5.43. The minimum atomic E-state index is -1.73. The third-order valence-corrected chi connectivity index (χ3v) is 5.95. The molecule has 29 heavy (non-hydrogen) atoms. The number of methoxy groups -OCH3 is 1. The van der Waals surface area contributed by atoms with Crippen LogP contribution in [-0.4, -0.2) is 25.6 Å². The average molecular weight is 464 g/mol.